The van der Waals surface area contributed by atoms with Crippen LogP contribution in [-0.2, 0) is 43.1 Å². The average molecular weight is 1940 g/mol. The van der Waals surface area contributed by atoms with E-state index in [-0.39, 0.29) is 89.1 Å². The fourth-order valence-electron chi connectivity index (χ4n) is 18.5. The number of amides is 4. The first-order chi connectivity index (χ1) is 68.1. The van der Waals surface area contributed by atoms with Crippen LogP contribution >= 0.6 is 0 Å². The van der Waals surface area contributed by atoms with Crippen LogP contribution < -0.4 is 48.4 Å². The van der Waals surface area contributed by atoms with Gasteiger partial charge in [-0.1, -0.05) is 146 Å². The molecular weight excluding hydrogens is 1800 g/mol. The quantitative estimate of drug-likeness (QED) is 0.0211. The van der Waals surface area contributed by atoms with E-state index in [0.717, 1.165) is 132 Å². The van der Waals surface area contributed by atoms with Gasteiger partial charge >= 0.3 is 11.9 Å². The molecule has 5 aromatic carbocycles. The van der Waals surface area contributed by atoms with Crippen LogP contribution in [-0.4, -0.2) is 122 Å². The summed E-state index contributed by atoms with van der Waals surface area (Å²) in [6, 6.07) is 43.5. The summed E-state index contributed by atoms with van der Waals surface area (Å²) in [6.07, 6.45) is 19.5. The van der Waals surface area contributed by atoms with Gasteiger partial charge in [-0.05, 0) is 276 Å². The highest BCUT2D eigenvalue weighted by molar-refractivity contribution is 5.87. The minimum absolute atomic E-state index is 0.0243. The highest BCUT2D eigenvalue weighted by Crippen LogP contribution is 2.41. The van der Waals surface area contributed by atoms with Crippen molar-refractivity contribution in [1.82, 2.24) is 59.5 Å². The third kappa shape index (κ3) is 29.8. The van der Waals surface area contributed by atoms with Gasteiger partial charge in [-0.25, -0.2) is 4.98 Å². The molecule has 2 fully saturated rings. The number of ether oxygens (including phenoxy) is 1. The van der Waals surface area contributed by atoms with Crippen LogP contribution in [0.25, 0.3) is 44.3 Å². The Morgan fingerprint density at radius 3 is 1.35 bits per heavy atom. The highest BCUT2D eigenvalue weighted by atomic mass is 16.5. The molecule has 0 radical (unpaired) electrons. The minimum Gasteiger partial charge on any atom is -0.481 e. The molecule has 6 N–H and O–H groups in total. The van der Waals surface area contributed by atoms with Gasteiger partial charge in [-0.3, -0.25) is 77.1 Å². The van der Waals surface area contributed by atoms with Crippen LogP contribution in [0.2, 0.25) is 0 Å². The number of Topliss-reactive ketones (excluding diaryl/α,β-unsaturated/α-hetero) is 2. The van der Waals surface area contributed by atoms with Crippen LogP contribution in [0.1, 0.15) is 265 Å². The molecule has 1 aliphatic heterocycles. The van der Waals surface area contributed by atoms with Crippen molar-refractivity contribution in [3.8, 4) is 33.4 Å². The zero-order valence-electron chi connectivity index (χ0n) is 85.5. The minimum atomic E-state index is -1.04. The van der Waals surface area contributed by atoms with Gasteiger partial charge in [0.15, 0.2) is 0 Å². The molecule has 7 aromatic heterocycles. The molecule has 2 aliphatic rings. The third-order valence-electron chi connectivity index (χ3n) is 25.9. The highest BCUT2D eigenvalue weighted by Gasteiger charge is 2.35. The number of carboxylic acids is 2. The molecule has 1 saturated carbocycles. The molecule has 1 aliphatic carbocycles. The number of carboxylic acid groups (broad SMARTS) is 2. The number of nitrogens with one attached hydrogen (secondary N) is 4. The molecule has 28 heteroatoms. The summed E-state index contributed by atoms with van der Waals surface area (Å²) in [5.41, 5.74) is 19.6. The number of aromatic nitrogens is 8. The predicted octanol–water partition coefficient (Wildman–Crippen LogP) is 19.1. The van der Waals surface area contributed by atoms with Gasteiger partial charge in [-0.2, -0.15) is 0 Å². The Morgan fingerprint density at radius 1 is 0.427 bits per heavy atom. The van der Waals surface area contributed by atoms with Crippen molar-refractivity contribution >= 4 is 63.7 Å². The summed E-state index contributed by atoms with van der Waals surface area (Å²) in [5, 5.41) is 31.6. The van der Waals surface area contributed by atoms with E-state index in [9.17, 15) is 67.7 Å². The Labute approximate surface area is 836 Å². The predicted molar refractivity (Wildman–Crippen MR) is 559 cm³/mol. The van der Waals surface area contributed by atoms with Gasteiger partial charge in [-0.15, -0.1) is 0 Å². The number of hydrogen-bond acceptors (Lipinski definition) is 18. The van der Waals surface area contributed by atoms with Crippen LogP contribution in [0.15, 0.2) is 233 Å². The van der Waals surface area contributed by atoms with Crippen LogP contribution in [0, 0.1) is 80.1 Å². The number of pyridine rings is 6. The number of anilines is 1. The second kappa shape index (κ2) is 50.7. The summed E-state index contributed by atoms with van der Waals surface area (Å²) in [6.45, 7) is 37.8. The number of aliphatic carboxylic acids is 2. The van der Waals surface area contributed by atoms with E-state index in [2.05, 4.69) is 85.1 Å². The standard InChI is InChI=1S/C31H37N3O3.C29H36N4O4.C28H33N3O4.C27H31N3O4/c1-19(2)13-28(34-18-24(23-9-10-23)11-12-29(34)36)31(37)33-27(14-22(5)35)25-15-26(17-32-16-25)30-20(3)7-6-8-21(30)4;1-19(2)15-27(33-18-30-24-8-6-5-7-23(24)29(33)36)28(35)31-25(16-21(4)34)22-10-9-20(3)26(17-22)32-11-13-37-14-12-32;1-17(2)12-25(31-11-10-18(3)13-26(31)32)28(35)30-24(15-27(33)34)21-14-23(20(5)29-16-21)22-9-7-6-8-19(22)4;1-5-7-23(30-11-10-17(2)12-24(30)31)27(34)29-22(14-25(32)33)20-13-21(16-28-15-20)26-18(3)8-6-9-19(26)4/h6-8,11-12,15-19,23,27-28H,9-10,13-14H2,1-5H3,(H,33,37);5-10,17-19,25,27H,11-16H2,1-4H3,(H,31,35);6-11,13-14,16-17,24-25H,12,15H2,1-5H3,(H,30,35)(H,33,34);6,8-13,15-16,22-23H,5,7,14H2,1-4H3,(H,29,34)(H,32,33)/t27-,28+;25-,27+;24-,25?;22-,23+/m1110/s1. The number of fused-ring (bicyclic) bond motifs is 1. The van der Waals surface area contributed by atoms with Gasteiger partial charge in [0.05, 0.1) is 67.5 Å². The van der Waals surface area contributed by atoms with Crippen molar-refractivity contribution in [2.75, 3.05) is 31.2 Å². The average Bonchev–Trinajstić information content (AvgIpc) is 1.37. The number of carbonyl (C=O) groups excluding carboxylic acids is 6. The maximum atomic E-state index is 13.8. The van der Waals surface area contributed by atoms with Crippen molar-refractivity contribution in [2.24, 2.45) is 17.8 Å². The van der Waals surface area contributed by atoms with E-state index in [1.807, 2.05) is 193 Å². The van der Waals surface area contributed by atoms with Crippen LogP contribution in [0.5, 0.6) is 0 Å². The van der Waals surface area contributed by atoms with Crippen LogP contribution in [0.3, 0.4) is 0 Å². The lowest BCUT2D eigenvalue weighted by molar-refractivity contribution is -0.139. The molecule has 1 unspecified atom stereocenters. The Kier molecular flexibility index (Phi) is 38.6. The number of benzene rings is 5. The molecule has 14 rings (SSSR count). The van der Waals surface area contributed by atoms with E-state index in [1.165, 1.54) is 46.0 Å². The number of hydrogen-bond donors (Lipinski definition) is 6. The van der Waals surface area contributed by atoms with Gasteiger partial charge in [0.25, 0.3) is 22.2 Å². The SMILES string of the molecule is CC(=O)C[C@@H](NC(=O)[C@H](CC(C)C)n1cc(C2CC2)ccc1=O)c1cncc(-c2c(C)cccc2C)c1.CC(=O)C[C@@H](NC(=O)[C@H](CC(C)C)n1cnc2ccccc2c1=O)c1ccc(C)c(N2CCOCC2)c1.CCC[C@H](C(=O)N[C@@H](CC(=O)O)c1cncc(-c2c(C)cccc2C)c1)n1ccc(C)cc1=O.Cc1ccn(C(CC(C)C)C(=O)N[C@H](CC(=O)O)c2cnc(C)c(-c3ccccc3C)c2)c(=O)c1. The second-order valence-electron chi connectivity index (χ2n) is 39.3. The summed E-state index contributed by atoms with van der Waals surface area (Å²) in [4.78, 5) is 174. The molecule has 143 heavy (non-hydrogen) atoms. The Bertz CT molecular complexity index is 6780. The maximum absolute atomic E-state index is 13.8. The van der Waals surface area contributed by atoms with E-state index >= 15 is 0 Å². The van der Waals surface area contributed by atoms with Crippen molar-refractivity contribution in [2.45, 2.75) is 250 Å². The number of rotatable bonds is 37. The number of nitrogens with zero attached hydrogens (tertiary/aromatic N) is 9. The summed E-state index contributed by atoms with van der Waals surface area (Å²) >= 11 is 0. The largest absolute Gasteiger partial charge is 0.481 e. The third-order valence-corrected chi connectivity index (χ3v) is 25.9. The number of para-hydroxylation sites is 1. The first kappa shape index (κ1) is 109. The number of carbonyl (C=O) groups is 8. The fourth-order valence-corrected chi connectivity index (χ4v) is 18.5. The molecule has 0 bridgehead atoms. The molecule has 8 atom stereocenters. The summed E-state index contributed by atoms with van der Waals surface area (Å²) < 4.78 is 11.3. The van der Waals surface area contributed by atoms with Gasteiger partial charge in [0.2, 0.25) is 23.6 Å². The van der Waals surface area contributed by atoms with Gasteiger partial charge in [0, 0.05) is 122 Å². The smallest absolute Gasteiger partial charge is 0.305 e. The Morgan fingerprint density at radius 2 is 0.874 bits per heavy atom. The molecule has 1 saturated heterocycles. The first-order valence-electron chi connectivity index (χ1n) is 49.3. The molecule has 8 heterocycles. The van der Waals surface area contributed by atoms with Crippen molar-refractivity contribution in [3.05, 3.63) is 333 Å². The first-order valence-corrected chi connectivity index (χ1v) is 49.3. The molecule has 28 nitrogen and oxygen atoms in total. The summed E-state index contributed by atoms with van der Waals surface area (Å²) in [7, 11) is 0. The molecule has 0 spiro atoms. The fraction of sp³-hybridized carbons (Fsp3) is 0.391. The number of aryl methyl sites for hydroxylation is 9. The van der Waals surface area contributed by atoms with E-state index in [0.29, 0.717) is 73.3 Å². The maximum Gasteiger partial charge on any atom is 0.305 e. The zero-order chi connectivity index (χ0) is 104. The van der Waals surface area contributed by atoms with E-state index < -0.39 is 72.1 Å². The lowest BCUT2D eigenvalue weighted by atomic mass is 9.94. The molecular formula is C115H137N13O15. The van der Waals surface area contributed by atoms with Gasteiger partial charge in [0.1, 0.15) is 35.7 Å². The van der Waals surface area contributed by atoms with Crippen LogP contribution in [0.4, 0.5) is 5.69 Å². The van der Waals surface area contributed by atoms with Crippen molar-refractivity contribution in [1.29, 1.82) is 0 Å². The lowest BCUT2D eigenvalue weighted by Gasteiger charge is -2.31. The molecule has 4 amide bonds. The van der Waals surface area contributed by atoms with E-state index in [4.69, 9.17) is 4.74 Å². The van der Waals surface area contributed by atoms with Crippen molar-refractivity contribution in [3.63, 3.8) is 0 Å². The monoisotopic (exact) mass is 1940 g/mol. The zero-order valence-corrected chi connectivity index (χ0v) is 85.5. The number of morpholine rings is 1. The van der Waals surface area contributed by atoms with E-state index in [1.54, 1.807) is 78.1 Å². The van der Waals surface area contributed by atoms with Crippen molar-refractivity contribution < 1.29 is 53.3 Å². The summed E-state index contributed by atoms with van der Waals surface area (Å²) in [5.74, 6) is -2.50. The Balaban J connectivity index is 0.000000182. The van der Waals surface area contributed by atoms with Gasteiger partial charge < -0.3 is 54.8 Å². The topological polar surface area (TPSA) is 377 Å². The number of ketones is 2. The normalized spacial score (nSPS) is 14.0. The lowest BCUT2D eigenvalue weighted by Crippen LogP contribution is -2.40. The Hall–Kier alpha value is -14.5. The second-order valence-corrected chi connectivity index (χ2v) is 39.3. The molecule has 752 valence electrons. The molecule has 12 aromatic rings.